The van der Waals surface area contributed by atoms with Crippen molar-refractivity contribution in [3.63, 3.8) is 0 Å². The van der Waals surface area contributed by atoms with Crippen molar-refractivity contribution in [2.75, 3.05) is 13.1 Å². The number of hydrogen-bond acceptors (Lipinski definition) is 5. The Morgan fingerprint density at radius 3 is 2.85 bits per heavy atom. The molecule has 0 saturated carbocycles. The van der Waals surface area contributed by atoms with Gasteiger partial charge in [0, 0.05) is 38.5 Å². The Kier molecular flexibility index (Phi) is 5.09. The molecule has 2 aromatic rings. The van der Waals surface area contributed by atoms with E-state index < -0.39 is 0 Å². The number of aromatic nitrogens is 6. The van der Waals surface area contributed by atoms with Crippen molar-refractivity contribution in [3.8, 4) is 0 Å². The summed E-state index contributed by atoms with van der Waals surface area (Å²) >= 11 is 0. The van der Waals surface area contributed by atoms with Gasteiger partial charge in [-0.25, -0.2) is 9.67 Å². The van der Waals surface area contributed by atoms with Crippen LogP contribution >= 0.6 is 0 Å². The minimum absolute atomic E-state index is 0.328. The second-order valence-corrected chi connectivity index (χ2v) is 7.54. The summed E-state index contributed by atoms with van der Waals surface area (Å²) < 4.78 is 4.26. The predicted molar refractivity (Wildman–Crippen MR) is 103 cm³/mol. The molecule has 27 heavy (non-hydrogen) atoms. The van der Waals surface area contributed by atoms with E-state index in [4.69, 9.17) is 4.99 Å². The summed E-state index contributed by atoms with van der Waals surface area (Å²) in [5, 5.41) is 19.9. The minimum atomic E-state index is 0.328. The summed E-state index contributed by atoms with van der Waals surface area (Å²) in [5.41, 5.74) is 0. The number of rotatable bonds is 4. The summed E-state index contributed by atoms with van der Waals surface area (Å²) in [6.45, 7) is 9.54. The van der Waals surface area contributed by atoms with Crippen LogP contribution in [0.15, 0.2) is 4.99 Å². The number of fused-ring (bicyclic) bond motifs is 2. The van der Waals surface area contributed by atoms with Crippen molar-refractivity contribution < 1.29 is 0 Å². The first-order chi connectivity index (χ1) is 13.1. The lowest BCUT2D eigenvalue weighted by Gasteiger charge is -2.26. The lowest BCUT2D eigenvalue weighted by Crippen LogP contribution is -2.47. The van der Waals surface area contributed by atoms with Gasteiger partial charge in [-0.15, -0.1) is 10.2 Å². The number of nitrogens with one attached hydrogen (secondary N) is 2. The zero-order chi connectivity index (χ0) is 18.8. The molecule has 9 heteroatoms. The molecule has 0 saturated heterocycles. The third kappa shape index (κ3) is 3.96. The van der Waals surface area contributed by atoms with Gasteiger partial charge < -0.3 is 15.2 Å². The summed E-state index contributed by atoms with van der Waals surface area (Å²) in [4.78, 5) is 9.36. The molecule has 0 fully saturated rings. The van der Waals surface area contributed by atoms with E-state index >= 15 is 0 Å². The minimum Gasteiger partial charge on any atom is -0.357 e. The molecule has 0 amide bonds. The van der Waals surface area contributed by atoms with Gasteiger partial charge in [-0.3, -0.25) is 4.99 Å². The van der Waals surface area contributed by atoms with Gasteiger partial charge in [0.15, 0.2) is 5.96 Å². The van der Waals surface area contributed by atoms with Crippen LogP contribution in [0.1, 0.15) is 43.1 Å². The van der Waals surface area contributed by atoms with E-state index in [0.29, 0.717) is 12.0 Å². The van der Waals surface area contributed by atoms with Crippen LogP contribution in [0.2, 0.25) is 0 Å². The molecule has 4 heterocycles. The van der Waals surface area contributed by atoms with E-state index in [1.54, 1.807) is 0 Å². The van der Waals surface area contributed by atoms with Crippen LogP contribution in [0.25, 0.3) is 0 Å². The van der Waals surface area contributed by atoms with Crippen LogP contribution in [0.5, 0.6) is 0 Å². The second-order valence-electron chi connectivity index (χ2n) is 7.54. The van der Waals surface area contributed by atoms with Crippen molar-refractivity contribution in [1.82, 2.24) is 40.2 Å². The Morgan fingerprint density at radius 2 is 2.00 bits per heavy atom. The quantitative estimate of drug-likeness (QED) is 0.604. The highest BCUT2D eigenvalue weighted by atomic mass is 15.4. The van der Waals surface area contributed by atoms with Crippen LogP contribution in [0.4, 0.5) is 0 Å². The molecule has 146 valence electrons. The third-order valence-corrected chi connectivity index (χ3v) is 5.39. The van der Waals surface area contributed by atoms with E-state index in [-0.39, 0.29) is 0 Å². The van der Waals surface area contributed by atoms with Crippen molar-refractivity contribution in [1.29, 1.82) is 0 Å². The average Bonchev–Trinajstić information content (AvgIpc) is 3.21. The Morgan fingerprint density at radius 1 is 1.15 bits per heavy atom. The van der Waals surface area contributed by atoms with E-state index in [0.717, 1.165) is 81.1 Å². The maximum Gasteiger partial charge on any atom is 0.191 e. The first-order valence-corrected chi connectivity index (χ1v) is 9.96. The molecule has 0 spiro atoms. The van der Waals surface area contributed by atoms with Crippen molar-refractivity contribution in [2.45, 2.75) is 65.6 Å². The van der Waals surface area contributed by atoms with Crippen LogP contribution in [-0.4, -0.2) is 54.6 Å². The van der Waals surface area contributed by atoms with Gasteiger partial charge in [0.1, 0.15) is 23.3 Å². The summed E-state index contributed by atoms with van der Waals surface area (Å²) in [6.07, 6.45) is 4.11. The Hall–Kier alpha value is -2.45. The van der Waals surface area contributed by atoms with Crippen molar-refractivity contribution in [3.05, 3.63) is 23.3 Å². The molecule has 0 bridgehead atoms. The van der Waals surface area contributed by atoms with Gasteiger partial charge in [-0.05, 0) is 39.5 Å². The SMILES string of the molecule is CCNC(=NCC1CCc2nnc(C)n2C1)NC1CCc2nc(C)nn2C1. The van der Waals surface area contributed by atoms with Gasteiger partial charge in [0.2, 0.25) is 0 Å². The highest BCUT2D eigenvalue weighted by molar-refractivity contribution is 5.80. The van der Waals surface area contributed by atoms with Crippen LogP contribution in [0, 0.1) is 19.8 Å². The molecular formula is C18H29N9. The third-order valence-electron chi connectivity index (χ3n) is 5.39. The monoisotopic (exact) mass is 371 g/mol. The van der Waals surface area contributed by atoms with Gasteiger partial charge in [-0.2, -0.15) is 5.10 Å². The van der Waals surface area contributed by atoms with Gasteiger partial charge >= 0.3 is 0 Å². The fraction of sp³-hybridized carbons (Fsp3) is 0.722. The molecule has 4 rings (SSSR count). The molecule has 2 unspecified atom stereocenters. The summed E-state index contributed by atoms with van der Waals surface area (Å²) in [6, 6.07) is 0.328. The van der Waals surface area contributed by atoms with Gasteiger partial charge in [0.05, 0.1) is 6.54 Å². The van der Waals surface area contributed by atoms with Crippen LogP contribution in [0.3, 0.4) is 0 Å². The number of aryl methyl sites for hydroxylation is 4. The lowest BCUT2D eigenvalue weighted by atomic mass is 9.99. The molecule has 2 atom stereocenters. The summed E-state index contributed by atoms with van der Waals surface area (Å²) in [7, 11) is 0. The van der Waals surface area contributed by atoms with E-state index in [9.17, 15) is 0 Å². The Bertz CT molecular complexity index is 819. The zero-order valence-corrected chi connectivity index (χ0v) is 16.4. The molecule has 2 N–H and O–H groups in total. The van der Waals surface area contributed by atoms with Crippen LogP contribution < -0.4 is 10.6 Å². The Labute approximate surface area is 159 Å². The number of nitrogens with zero attached hydrogens (tertiary/aromatic N) is 7. The number of aliphatic imine (C=N–C) groups is 1. The van der Waals surface area contributed by atoms with Crippen LogP contribution in [-0.2, 0) is 25.9 Å². The first-order valence-electron chi connectivity index (χ1n) is 9.96. The fourth-order valence-corrected chi connectivity index (χ4v) is 3.96. The maximum absolute atomic E-state index is 4.87. The number of hydrogen-bond donors (Lipinski definition) is 2. The molecule has 2 aliphatic heterocycles. The van der Waals surface area contributed by atoms with Crippen molar-refractivity contribution in [2.24, 2.45) is 10.9 Å². The molecule has 2 aliphatic rings. The highest BCUT2D eigenvalue weighted by Gasteiger charge is 2.23. The molecule has 0 aromatic carbocycles. The largest absolute Gasteiger partial charge is 0.357 e. The predicted octanol–water partition coefficient (Wildman–Crippen LogP) is 0.619. The molecular weight excluding hydrogens is 342 g/mol. The maximum atomic E-state index is 4.87. The Balaban J connectivity index is 1.37. The standard InChI is InChI=1S/C18H29N9/c1-4-19-18(22-15-6-8-16-21-12(2)25-27(16)11-15)20-9-14-5-7-17-24-23-13(3)26(17)10-14/h14-15H,4-11H2,1-3H3,(H2,19,20,22). The molecule has 2 aromatic heterocycles. The number of guanidine groups is 1. The van der Waals surface area contributed by atoms with Crippen molar-refractivity contribution >= 4 is 5.96 Å². The molecule has 0 radical (unpaired) electrons. The van der Waals surface area contributed by atoms with E-state index in [2.05, 4.69) is 42.4 Å². The smallest absolute Gasteiger partial charge is 0.191 e. The molecule has 9 nitrogen and oxygen atoms in total. The topological polar surface area (TPSA) is 97.8 Å². The highest BCUT2D eigenvalue weighted by Crippen LogP contribution is 2.20. The first kappa shape index (κ1) is 17.9. The van der Waals surface area contributed by atoms with Gasteiger partial charge in [0.25, 0.3) is 0 Å². The second kappa shape index (κ2) is 7.66. The molecule has 0 aliphatic carbocycles. The van der Waals surface area contributed by atoms with Gasteiger partial charge in [-0.1, -0.05) is 0 Å². The normalized spacial score (nSPS) is 22.3. The zero-order valence-electron chi connectivity index (χ0n) is 16.4. The lowest BCUT2D eigenvalue weighted by molar-refractivity contribution is 0.367. The summed E-state index contributed by atoms with van der Waals surface area (Å²) in [5.74, 6) is 5.48. The van der Waals surface area contributed by atoms with E-state index in [1.807, 2.05) is 18.5 Å². The fourth-order valence-electron chi connectivity index (χ4n) is 3.96. The van der Waals surface area contributed by atoms with E-state index in [1.165, 1.54) is 0 Å². The average molecular weight is 371 g/mol.